The third-order valence-corrected chi connectivity index (χ3v) is 2.74. The molecule has 4 nitrogen and oxygen atoms in total. The van der Waals surface area contributed by atoms with Crippen molar-refractivity contribution in [2.24, 2.45) is 0 Å². The first kappa shape index (κ1) is 15.8. The van der Waals surface area contributed by atoms with Crippen LogP contribution >= 0.6 is 23.2 Å². The van der Waals surface area contributed by atoms with Crippen molar-refractivity contribution in [2.75, 3.05) is 7.11 Å². The van der Waals surface area contributed by atoms with Crippen molar-refractivity contribution in [3.05, 3.63) is 44.7 Å². The summed E-state index contributed by atoms with van der Waals surface area (Å²) in [7, 11) is 1.49. The molecule has 7 heteroatoms. The monoisotopic (exact) mass is 312 g/mol. The average Bonchev–Trinajstić information content (AvgIpc) is 2.29. The minimum absolute atomic E-state index is 0. The van der Waals surface area contributed by atoms with Crippen molar-refractivity contribution in [2.45, 2.75) is 0 Å². The summed E-state index contributed by atoms with van der Waals surface area (Å²) in [5, 5.41) is 7.02. The topological polar surface area (TPSA) is 55.0 Å². The van der Waals surface area contributed by atoms with Crippen LogP contribution in [0, 0.1) is 0 Å². The van der Waals surface area contributed by atoms with Crippen molar-refractivity contribution in [1.82, 2.24) is 10.2 Å². The SMILES string of the molecule is COc1c(Cl)cc(-c2ccc(=O)[nH]n2)cc1Cl.[CaH2]. The zero-order valence-electron chi connectivity index (χ0n) is 8.83. The Morgan fingerprint density at radius 2 is 1.83 bits per heavy atom. The van der Waals surface area contributed by atoms with E-state index in [4.69, 9.17) is 27.9 Å². The predicted molar refractivity (Wildman–Crippen MR) is 75.4 cm³/mol. The number of ether oxygens (including phenoxy) is 1. The predicted octanol–water partition coefficient (Wildman–Crippen LogP) is 1.84. The van der Waals surface area contributed by atoms with E-state index >= 15 is 0 Å². The van der Waals surface area contributed by atoms with Gasteiger partial charge in [0.05, 0.1) is 22.8 Å². The first-order valence-corrected chi connectivity index (χ1v) is 5.46. The molecule has 0 fully saturated rings. The Kier molecular flexibility index (Phi) is 5.95. The number of benzene rings is 1. The first-order chi connectivity index (χ1) is 8.11. The molecule has 0 bridgehead atoms. The molecule has 0 aliphatic carbocycles. The van der Waals surface area contributed by atoms with Crippen molar-refractivity contribution < 1.29 is 4.74 Å². The summed E-state index contributed by atoms with van der Waals surface area (Å²) >= 11 is 12.0. The van der Waals surface area contributed by atoms with E-state index in [9.17, 15) is 4.79 Å². The van der Waals surface area contributed by atoms with Crippen LogP contribution in [0.3, 0.4) is 0 Å². The van der Waals surface area contributed by atoms with Crippen LogP contribution in [0.2, 0.25) is 10.0 Å². The Labute approximate surface area is 143 Å². The fourth-order valence-corrected chi connectivity index (χ4v) is 2.05. The Morgan fingerprint density at radius 3 is 2.28 bits per heavy atom. The Hall–Kier alpha value is -0.260. The fraction of sp³-hybridized carbons (Fsp3) is 0.0909. The quantitative estimate of drug-likeness (QED) is 0.861. The number of H-pyrrole nitrogens is 1. The second kappa shape index (κ2) is 6.78. The molecule has 0 amide bonds. The van der Waals surface area contributed by atoms with Crippen molar-refractivity contribution in [3.63, 3.8) is 0 Å². The zero-order valence-corrected chi connectivity index (χ0v) is 10.3. The summed E-state index contributed by atoms with van der Waals surface area (Å²) < 4.78 is 5.04. The van der Waals surface area contributed by atoms with E-state index in [-0.39, 0.29) is 43.3 Å². The maximum atomic E-state index is 10.9. The van der Waals surface area contributed by atoms with Gasteiger partial charge in [0.15, 0.2) is 5.75 Å². The van der Waals surface area contributed by atoms with Crippen LogP contribution in [0.15, 0.2) is 29.1 Å². The normalized spacial score (nSPS) is 9.72. The number of methoxy groups -OCH3 is 1. The molecule has 2 rings (SSSR count). The van der Waals surface area contributed by atoms with Gasteiger partial charge in [0.1, 0.15) is 0 Å². The summed E-state index contributed by atoms with van der Waals surface area (Å²) in [4.78, 5) is 10.9. The Balaban J connectivity index is 0.00000162. The van der Waals surface area contributed by atoms with Gasteiger partial charge in [-0.15, -0.1) is 0 Å². The summed E-state index contributed by atoms with van der Waals surface area (Å²) in [5.74, 6) is 0.418. The van der Waals surface area contributed by atoms with Gasteiger partial charge >= 0.3 is 37.7 Å². The van der Waals surface area contributed by atoms with Gasteiger partial charge in [-0.1, -0.05) is 23.2 Å². The van der Waals surface area contributed by atoms with Crippen LogP contribution in [-0.2, 0) is 0 Å². The molecule has 0 radical (unpaired) electrons. The van der Waals surface area contributed by atoms with Crippen LogP contribution in [-0.4, -0.2) is 55.0 Å². The van der Waals surface area contributed by atoms with E-state index in [1.165, 1.54) is 13.2 Å². The van der Waals surface area contributed by atoms with E-state index in [2.05, 4.69) is 10.2 Å². The number of nitrogens with one attached hydrogen (secondary N) is 1. The summed E-state index contributed by atoms with van der Waals surface area (Å²) in [5.41, 5.74) is 1.02. The molecule has 1 heterocycles. The molecule has 0 aliphatic heterocycles. The molecule has 1 aromatic heterocycles. The Morgan fingerprint density at radius 1 is 1.22 bits per heavy atom. The van der Waals surface area contributed by atoms with Crippen molar-refractivity contribution in [3.8, 4) is 17.0 Å². The molecule has 0 saturated carbocycles. The van der Waals surface area contributed by atoms with E-state index in [1.807, 2.05) is 0 Å². The van der Waals surface area contributed by atoms with Crippen LogP contribution in [0.25, 0.3) is 11.3 Å². The Bertz CT molecular complexity index is 573. The number of hydrogen-bond acceptors (Lipinski definition) is 3. The van der Waals surface area contributed by atoms with Gasteiger partial charge in [0.2, 0.25) is 0 Å². The van der Waals surface area contributed by atoms with Gasteiger partial charge in [0.25, 0.3) is 5.56 Å². The molecule has 0 spiro atoms. The van der Waals surface area contributed by atoms with Gasteiger partial charge < -0.3 is 4.74 Å². The second-order valence-corrected chi connectivity index (χ2v) is 4.09. The maximum absolute atomic E-state index is 10.9. The van der Waals surface area contributed by atoms with E-state index in [1.54, 1.807) is 18.2 Å². The number of nitrogens with zero attached hydrogens (tertiary/aromatic N) is 1. The van der Waals surface area contributed by atoms with E-state index in [0.29, 0.717) is 27.1 Å². The fourth-order valence-electron chi connectivity index (χ4n) is 1.41. The van der Waals surface area contributed by atoms with Crippen molar-refractivity contribution in [1.29, 1.82) is 0 Å². The van der Waals surface area contributed by atoms with Crippen LogP contribution < -0.4 is 10.3 Å². The summed E-state index contributed by atoms with van der Waals surface area (Å²) in [6.45, 7) is 0. The van der Waals surface area contributed by atoms with Crippen molar-refractivity contribution >= 4 is 60.9 Å². The number of aromatic amines is 1. The number of hydrogen-bond donors (Lipinski definition) is 1. The minimum atomic E-state index is -0.264. The summed E-state index contributed by atoms with van der Waals surface area (Å²) in [6, 6.07) is 6.32. The van der Waals surface area contributed by atoms with Crippen LogP contribution in [0.4, 0.5) is 0 Å². The number of halogens is 2. The van der Waals surface area contributed by atoms with Gasteiger partial charge in [-0.3, -0.25) is 4.79 Å². The molecule has 0 unspecified atom stereocenters. The molecular weight excluding hydrogens is 303 g/mol. The van der Waals surface area contributed by atoms with Gasteiger partial charge in [-0.2, -0.15) is 5.10 Å². The van der Waals surface area contributed by atoms with Gasteiger partial charge in [0, 0.05) is 11.6 Å². The standard InChI is InChI=1S/C11H8Cl2N2O2.Ca.2H/c1-17-11-7(12)4-6(5-8(11)13)9-2-3-10(16)15-14-9;;;/h2-5H,1H3,(H,15,16);;;. The number of aromatic nitrogens is 2. The molecule has 0 saturated heterocycles. The van der Waals surface area contributed by atoms with Crippen LogP contribution in [0.1, 0.15) is 0 Å². The molecule has 18 heavy (non-hydrogen) atoms. The third kappa shape index (κ3) is 3.39. The molecule has 0 aliphatic rings. The average molecular weight is 313 g/mol. The van der Waals surface area contributed by atoms with Gasteiger partial charge in [-0.25, -0.2) is 5.10 Å². The first-order valence-electron chi connectivity index (χ1n) is 4.71. The molecule has 92 valence electrons. The van der Waals surface area contributed by atoms with E-state index < -0.39 is 0 Å². The molecule has 1 aromatic carbocycles. The summed E-state index contributed by atoms with van der Waals surface area (Å²) in [6.07, 6.45) is 0. The third-order valence-electron chi connectivity index (χ3n) is 2.18. The molecule has 2 aromatic rings. The number of rotatable bonds is 2. The molecule has 1 N–H and O–H groups in total. The molecule has 0 atom stereocenters. The zero-order chi connectivity index (χ0) is 12.4. The second-order valence-electron chi connectivity index (χ2n) is 3.28. The molecular formula is C11H10CaCl2N2O2. The van der Waals surface area contributed by atoms with E-state index in [0.717, 1.165) is 0 Å². The van der Waals surface area contributed by atoms with Crippen LogP contribution in [0.5, 0.6) is 5.75 Å². The van der Waals surface area contributed by atoms with Gasteiger partial charge in [-0.05, 0) is 18.2 Å².